The summed E-state index contributed by atoms with van der Waals surface area (Å²) in [5.74, 6) is -2.45. The van der Waals surface area contributed by atoms with Gasteiger partial charge in [0.25, 0.3) is 11.8 Å². The summed E-state index contributed by atoms with van der Waals surface area (Å²) >= 11 is 19.9. The molecule has 4 unspecified atom stereocenters. The number of amides is 4. The van der Waals surface area contributed by atoms with Crippen LogP contribution in [0.5, 0.6) is 0 Å². The molecule has 0 aliphatic carbocycles. The summed E-state index contributed by atoms with van der Waals surface area (Å²) in [7, 11) is 0. The summed E-state index contributed by atoms with van der Waals surface area (Å²) in [4.78, 5) is 84.3. The molecule has 5 aliphatic rings. The minimum atomic E-state index is -1.19. The van der Waals surface area contributed by atoms with Crippen LogP contribution in [0.1, 0.15) is 9.75 Å². The summed E-state index contributed by atoms with van der Waals surface area (Å²) in [5.41, 5.74) is 1.09. The van der Waals surface area contributed by atoms with Crippen molar-refractivity contribution in [2.45, 2.75) is 35.7 Å². The van der Waals surface area contributed by atoms with E-state index in [4.69, 9.17) is 24.4 Å². The van der Waals surface area contributed by atoms with E-state index in [9.17, 15) is 39.0 Å². The number of aliphatic carboxylic acids is 2. The predicted molar refractivity (Wildman–Crippen MR) is 229 cm³/mol. The molecule has 22 heteroatoms. The molecule has 3 saturated heterocycles. The van der Waals surface area contributed by atoms with Gasteiger partial charge in [0.15, 0.2) is 0 Å². The molecule has 0 spiro atoms. The largest absolute Gasteiger partial charge is 0.477 e. The van der Waals surface area contributed by atoms with Gasteiger partial charge in [-0.05, 0) is 34.0 Å². The standard InChI is InChI=1S/C34H34N6O8S8/c41-21(11-19-3-1-9-51-19)35-23-27(43)39-25(31(45)46)17(13-53-29(23)39)15-55-33(49)37-5-7-38(8-6-37)34(50)56-16-18-14-54-30-24(28(44)40(30)26(18)32(47)48)36-22(42)12-20-4-2-10-52-20/h1-4,9-10,23-24,29-30H,5-8,11-16H2,(H,35,41)(H,36,42)(H,45,46)(H,47,48). The number of thiocarbonyl (C=S) groups is 2. The highest BCUT2D eigenvalue weighted by molar-refractivity contribution is 8.23. The molecule has 296 valence electrons. The summed E-state index contributed by atoms with van der Waals surface area (Å²) in [5, 5.41) is 28.5. The van der Waals surface area contributed by atoms with E-state index >= 15 is 0 Å². The molecule has 4 atom stereocenters. The second-order valence-electron chi connectivity index (χ2n) is 13.0. The molecule has 0 bridgehead atoms. The average Bonchev–Trinajstić information content (AvgIpc) is 3.91. The smallest absolute Gasteiger partial charge is 0.352 e. The third-order valence-corrected chi connectivity index (χ3v) is 17.1. The van der Waals surface area contributed by atoms with Crippen LogP contribution in [0.3, 0.4) is 0 Å². The molecule has 14 nitrogen and oxygen atoms in total. The Labute approximate surface area is 357 Å². The van der Waals surface area contributed by atoms with Gasteiger partial charge < -0.3 is 30.6 Å². The topological polar surface area (TPSA) is 180 Å². The highest BCUT2D eigenvalue weighted by Gasteiger charge is 2.55. The molecule has 3 fully saturated rings. The molecular weight excluding hydrogens is 877 g/mol. The number of piperazine rings is 1. The molecule has 56 heavy (non-hydrogen) atoms. The fourth-order valence-corrected chi connectivity index (χ4v) is 13.6. The molecule has 7 heterocycles. The number of hydrogen-bond acceptors (Lipinski definition) is 14. The molecule has 0 aromatic carbocycles. The molecule has 4 N–H and O–H groups in total. The van der Waals surface area contributed by atoms with E-state index in [1.807, 2.05) is 44.8 Å². The fourth-order valence-electron chi connectivity index (χ4n) is 6.73. The number of carbonyl (C=O) groups excluding carboxylic acids is 4. The SMILES string of the molecule is O=C(Cc1cccs1)NC1C(=O)N2C(C(=O)O)=C(CSC(=S)N3CCN(C(=S)SCC4=C(C(=O)O)N5C(=O)C(NC(=O)Cc6cccs6)C5SC4)CC3)CSC12. The minimum absolute atomic E-state index is 0.0482. The second-order valence-corrected chi connectivity index (χ2v) is 20.5. The fraction of sp³-hybridized carbons (Fsp3) is 0.412. The van der Waals surface area contributed by atoms with Crippen molar-refractivity contribution in [2.75, 3.05) is 49.2 Å². The zero-order valence-corrected chi connectivity index (χ0v) is 35.8. The summed E-state index contributed by atoms with van der Waals surface area (Å²) < 4.78 is 1.21. The zero-order valence-electron chi connectivity index (χ0n) is 29.2. The maximum atomic E-state index is 13.1. The first kappa shape index (κ1) is 41.1. The van der Waals surface area contributed by atoms with E-state index in [0.717, 1.165) is 9.75 Å². The van der Waals surface area contributed by atoms with E-state index < -0.39 is 46.6 Å². The van der Waals surface area contributed by atoms with E-state index in [-0.39, 0.29) is 36.1 Å². The van der Waals surface area contributed by atoms with Crippen LogP contribution in [0.2, 0.25) is 0 Å². The minimum Gasteiger partial charge on any atom is -0.477 e. The Kier molecular flexibility index (Phi) is 13.0. The second kappa shape index (κ2) is 17.8. The van der Waals surface area contributed by atoms with Crippen molar-refractivity contribution in [1.82, 2.24) is 30.2 Å². The van der Waals surface area contributed by atoms with Gasteiger partial charge in [-0.3, -0.25) is 29.0 Å². The maximum Gasteiger partial charge on any atom is 0.352 e. The highest BCUT2D eigenvalue weighted by Crippen LogP contribution is 2.43. The summed E-state index contributed by atoms with van der Waals surface area (Å²) in [6.07, 6.45) is 0.321. The number of rotatable bonds is 12. The number of β-lactam (4-membered cyclic amide) rings is 2. The lowest BCUT2D eigenvalue weighted by Gasteiger charge is -2.49. The number of fused-ring (bicyclic) bond motifs is 2. The van der Waals surface area contributed by atoms with Crippen molar-refractivity contribution in [1.29, 1.82) is 0 Å². The van der Waals surface area contributed by atoms with E-state index in [1.165, 1.54) is 79.5 Å². The van der Waals surface area contributed by atoms with E-state index in [1.54, 1.807) is 0 Å². The van der Waals surface area contributed by atoms with Crippen LogP contribution in [0.15, 0.2) is 57.6 Å². The van der Waals surface area contributed by atoms with Crippen molar-refractivity contribution in [3.63, 3.8) is 0 Å². The first-order valence-electron chi connectivity index (χ1n) is 17.2. The van der Waals surface area contributed by atoms with Gasteiger partial charge in [-0.15, -0.1) is 46.2 Å². The highest BCUT2D eigenvalue weighted by atomic mass is 32.2. The average molecular weight is 911 g/mol. The lowest BCUT2D eigenvalue weighted by atomic mass is 10.0. The van der Waals surface area contributed by atoms with Gasteiger partial charge in [0.2, 0.25) is 11.8 Å². The number of hydrogen-bond donors (Lipinski definition) is 4. The number of thiophene rings is 2. The van der Waals surface area contributed by atoms with Crippen LogP contribution in [0, 0.1) is 0 Å². The Morgan fingerprint density at radius 3 is 1.43 bits per heavy atom. The van der Waals surface area contributed by atoms with Crippen LogP contribution in [0.4, 0.5) is 0 Å². The van der Waals surface area contributed by atoms with Crippen LogP contribution >= 0.6 is 94.2 Å². The maximum absolute atomic E-state index is 13.1. The number of carboxylic acid groups (broad SMARTS) is 2. The molecule has 0 radical (unpaired) electrons. The van der Waals surface area contributed by atoms with Crippen molar-refractivity contribution in [3.8, 4) is 0 Å². The molecule has 4 amide bonds. The van der Waals surface area contributed by atoms with Crippen molar-refractivity contribution >= 4 is 138 Å². The molecule has 7 rings (SSSR count). The van der Waals surface area contributed by atoms with Gasteiger partial charge in [-0.25, -0.2) is 9.59 Å². The predicted octanol–water partition coefficient (Wildman–Crippen LogP) is 2.73. The molecule has 0 saturated carbocycles. The third kappa shape index (κ3) is 8.66. The third-order valence-electron chi connectivity index (χ3n) is 9.50. The van der Waals surface area contributed by atoms with Crippen LogP contribution in [-0.4, -0.2) is 146 Å². The quantitative estimate of drug-likeness (QED) is 0.180. The van der Waals surface area contributed by atoms with Gasteiger partial charge in [0.05, 0.1) is 12.8 Å². The van der Waals surface area contributed by atoms with Gasteiger partial charge in [0.1, 0.15) is 42.9 Å². The molecule has 5 aliphatic heterocycles. The van der Waals surface area contributed by atoms with Gasteiger partial charge in [-0.2, -0.15) is 0 Å². The zero-order chi connectivity index (χ0) is 39.7. The van der Waals surface area contributed by atoms with Crippen LogP contribution in [0.25, 0.3) is 0 Å². The molecule has 2 aromatic heterocycles. The van der Waals surface area contributed by atoms with Gasteiger partial charge in [-0.1, -0.05) is 60.1 Å². The molecular formula is C34H34N6O8S8. The van der Waals surface area contributed by atoms with Gasteiger partial charge in [0, 0.05) is 58.9 Å². The van der Waals surface area contributed by atoms with E-state index in [2.05, 4.69) is 10.6 Å². The Morgan fingerprint density at radius 2 is 1.09 bits per heavy atom. The number of nitrogens with zero attached hydrogens (tertiary/aromatic N) is 4. The van der Waals surface area contributed by atoms with Crippen LogP contribution < -0.4 is 10.6 Å². The molecule has 2 aromatic rings. The Morgan fingerprint density at radius 1 is 0.696 bits per heavy atom. The summed E-state index contributed by atoms with van der Waals surface area (Å²) in [6, 6.07) is 5.85. The van der Waals surface area contributed by atoms with Crippen molar-refractivity contribution < 1.29 is 39.0 Å². The number of thioether (sulfide) groups is 4. The Balaban J connectivity index is 0.867. The van der Waals surface area contributed by atoms with Crippen molar-refractivity contribution in [3.05, 3.63) is 67.3 Å². The monoisotopic (exact) mass is 910 g/mol. The summed E-state index contributed by atoms with van der Waals surface area (Å²) in [6.45, 7) is 2.31. The lowest BCUT2D eigenvalue weighted by Crippen LogP contribution is -2.70. The first-order valence-corrected chi connectivity index (χ1v) is 23.8. The van der Waals surface area contributed by atoms with Crippen molar-refractivity contribution in [2.24, 2.45) is 0 Å². The first-order chi connectivity index (χ1) is 26.9. The number of carbonyl (C=O) groups is 6. The van der Waals surface area contributed by atoms with Gasteiger partial charge >= 0.3 is 11.9 Å². The number of carboxylic acids is 2. The van der Waals surface area contributed by atoms with E-state index in [0.29, 0.717) is 69.0 Å². The Hall–Kier alpha value is -3.12. The van der Waals surface area contributed by atoms with Crippen LogP contribution in [-0.2, 0) is 41.6 Å². The number of nitrogens with one attached hydrogen (secondary N) is 2. The lowest BCUT2D eigenvalue weighted by molar-refractivity contribution is -0.150. The normalized spacial score (nSPS) is 23.2. The Bertz CT molecular complexity index is 1870.